The molecule has 1 N–H and O–H groups in total. The second-order valence-electron chi connectivity index (χ2n) is 4.50. The molecule has 2 heterocycles. The third kappa shape index (κ3) is 2.94. The second kappa shape index (κ2) is 5.14. The number of aromatic nitrogens is 1. The Labute approximate surface area is 101 Å². The highest BCUT2D eigenvalue weighted by Gasteiger charge is 2.27. The van der Waals surface area contributed by atoms with E-state index in [1.807, 2.05) is 31.1 Å². The monoisotopic (exact) mass is 234 g/mol. The fourth-order valence-corrected chi connectivity index (χ4v) is 1.97. The molecule has 0 aromatic carbocycles. The summed E-state index contributed by atoms with van der Waals surface area (Å²) in [6.45, 7) is 1.59. The Morgan fingerprint density at radius 1 is 1.53 bits per heavy atom. The average molecular weight is 234 g/mol. The van der Waals surface area contributed by atoms with Crippen LogP contribution in [0.25, 0.3) is 0 Å². The third-order valence-corrected chi connectivity index (χ3v) is 3.08. The lowest BCUT2D eigenvalue weighted by atomic mass is 10.2. The van der Waals surface area contributed by atoms with E-state index in [0.717, 1.165) is 19.5 Å². The van der Waals surface area contributed by atoms with E-state index >= 15 is 0 Å². The van der Waals surface area contributed by atoms with Crippen molar-refractivity contribution in [2.75, 3.05) is 32.5 Å². The molecule has 5 heteroatoms. The van der Waals surface area contributed by atoms with Gasteiger partial charge in [0.15, 0.2) is 0 Å². The van der Waals surface area contributed by atoms with Gasteiger partial charge in [0.1, 0.15) is 5.82 Å². The van der Waals surface area contributed by atoms with Crippen LogP contribution in [0, 0.1) is 0 Å². The Morgan fingerprint density at radius 2 is 2.35 bits per heavy atom. The molecule has 2 amide bonds. The maximum atomic E-state index is 11.9. The molecular weight excluding hydrogens is 216 g/mol. The predicted molar refractivity (Wildman–Crippen MR) is 66.9 cm³/mol. The molecule has 0 radical (unpaired) electrons. The first kappa shape index (κ1) is 11.9. The molecule has 0 spiro atoms. The molecule has 1 aliphatic rings. The van der Waals surface area contributed by atoms with E-state index in [9.17, 15) is 4.79 Å². The number of carbonyl (C=O) groups is 1. The number of likely N-dealkylation sites (N-methyl/N-ethyl adjacent to an activating group) is 1. The van der Waals surface area contributed by atoms with E-state index in [4.69, 9.17) is 0 Å². The summed E-state index contributed by atoms with van der Waals surface area (Å²) < 4.78 is 0. The minimum atomic E-state index is -0.0620. The molecule has 1 atom stereocenters. The van der Waals surface area contributed by atoms with Gasteiger partial charge in [-0.05, 0) is 32.6 Å². The molecule has 1 aromatic rings. The fraction of sp³-hybridized carbons (Fsp3) is 0.500. The molecular formula is C12H18N4O. The Balaban J connectivity index is 1.90. The van der Waals surface area contributed by atoms with Gasteiger partial charge in [-0.25, -0.2) is 9.78 Å². The van der Waals surface area contributed by atoms with Crippen molar-refractivity contribution in [2.45, 2.75) is 12.5 Å². The van der Waals surface area contributed by atoms with Crippen molar-refractivity contribution in [3.63, 3.8) is 0 Å². The molecule has 0 unspecified atom stereocenters. The standard InChI is InChI=1S/C12H18N4O/c1-15(2)10-6-8-16(9-10)12(17)14-11-5-3-4-7-13-11/h3-5,7,10H,6,8-9H2,1-2H3,(H,13,14,17)/t10-/m0/s1. The van der Waals surface area contributed by atoms with E-state index in [1.54, 1.807) is 12.3 Å². The number of carbonyl (C=O) groups excluding carboxylic acids is 1. The van der Waals surface area contributed by atoms with Gasteiger partial charge in [-0.2, -0.15) is 0 Å². The largest absolute Gasteiger partial charge is 0.323 e. The summed E-state index contributed by atoms with van der Waals surface area (Å²) in [4.78, 5) is 20.0. The molecule has 1 saturated heterocycles. The van der Waals surface area contributed by atoms with Crippen LogP contribution in [0.3, 0.4) is 0 Å². The summed E-state index contributed by atoms with van der Waals surface area (Å²) in [7, 11) is 4.09. The maximum Gasteiger partial charge on any atom is 0.323 e. The molecule has 0 aliphatic carbocycles. The number of nitrogens with one attached hydrogen (secondary N) is 1. The van der Waals surface area contributed by atoms with Crippen LogP contribution < -0.4 is 5.32 Å². The van der Waals surface area contributed by atoms with Gasteiger partial charge in [-0.1, -0.05) is 6.07 Å². The smallest absolute Gasteiger partial charge is 0.323 e. The lowest BCUT2D eigenvalue weighted by molar-refractivity contribution is 0.216. The van der Waals surface area contributed by atoms with Crippen LogP contribution in [0.2, 0.25) is 0 Å². The Morgan fingerprint density at radius 3 is 2.94 bits per heavy atom. The van der Waals surface area contributed by atoms with Crippen molar-refractivity contribution in [3.05, 3.63) is 24.4 Å². The first-order valence-corrected chi connectivity index (χ1v) is 5.80. The lowest BCUT2D eigenvalue weighted by Gasteiger charge is -2.20. The summed E-state index contributed by atoms with van der Waals surface area (Å²) in [5.74, 6) is 0.603. The van der Waals surface area contributed by atoms with Gasteiger partial charge < -0.3 is 9.80 Å². The SMILES string of the molecule is CN(C)[C@H]1CCN(C(=O)Nc2ccccn2)C1. The fourth-order valence-electron chi connectivity index (χ4n) is 1.97. The van der Waals surface area contributed by atoms with Crippen LogP contribution in [-0.2, 0) is 0 Å². The normalized spacial score (nSPS) is 19.7. The molecule has 5 nitrogen and oxygen atoms in total. The summed E-state index contributed by atoms with van der Waals surface area (Å²) in [6, 6.07) is 5.87. The van der Waals surface area contributed by atoms with Crippen LogP contribution in [0.5, 0.6) is 0 Å². The lowest BCUT2D eigenvalue weighted by Crippen LogP contribution is -2.36. The molecule has 0 saturated carbocycles. The number of rotatable bonds is 2. The zero-order valence-electron chi connectivity index (χ0n) is 10.3. The number of hydrogen-bond donors (Lipinski definition) is 1. The van der Waals surface area contributed by atoms with Crippen molar-refractivity contribution in [1.29, 1.82) is 0 Å². The minimum absolute atomic E-state index is 0.0620. The zero-order chi connectivity index (χ0) is 12.3. The minimum Gasteiger partial charge on any atom is -0.323 e. The van der Waals surface area contributed by atoms with Gasteiger partial charge in [0.05, 0.1) is 0 Å². The van der Waals surface area contributed by atoms with Crippen LogP contribution in [0.1, 0.15) is 6.42 Å². The van der Waals surface area contributed by atoms with Gasteiger partial charge in [0, 0.05) is 25.3 Å². The van der Waals surface area contributed by atoms with E-state index in [2.05, 4.69) is 15.2 Å². The third-order valence-electron chi connectivity index (χ3n) is 3.08. The van der Waals surface area contributed by atoms with Crippen LogP contribution in [0.4, 0.5) is 10.6 Å². The number of amides is 2. The van der Waals surface area contributed by atoms with Crippen molar-refractivity contribution in [3.8, 4) is 0 Å². The van der Waals surface area contributed by atoms with E-state index in [0.29, 0.717) is 11.9 Å². The van der Waals surface area contributed by atoms with E-state index in [1.165, 1.54) is 0 Å². The van der Waals surface area contributed by atoms with Gasteiger partial charge in [-0.3, -0.25) is 5.32 Å². The molecule has 92 valence electrons. The molecule has 17 heavy (non-hydrogen) atoms. The first-order valence-electron chi connectivity index (χ1n) is 5.80. The van der Waals surface area contributed by atoms with Gasteiger partial charge in [0.2, 0.25) is 0 Å². The summed E-state index contributed by atoms with van der Waals surface area (Å²) >= 11 is 0. The Bertz CT molecular complexity index is 379. The molecule has 1 aromatic heterocycles. The number of urea groups is 1. The van der Waals surface area contributed by atoms with Crippen molar-refractivity contribution >= 4 is 11.8 Å². The van der Waals surface area contributed by atoms with Gasteiger partial charge in [-0.15, -0.1) is 0 Å². The number of nitrogens with zero attached hydrogens (tertiary/aromatic N) is 3. The van der Waals surface area contributed by atoms with Crippen LogP contribution >= 0.6 is 0 Å². The van der Waals surface area contributed by atoms with Crippen molar-refractivity contribution in [2.24, 2.45) is 0 Å². The van der Waals surface area contributed by atoms with E-state index < -0.39 is 0 Å². The Kier molecular flexibility index (Phi) is 3.58. The highest BCUT2D eigenvalue weighted by atomic mass is 16.2. The first-order chi connectivity index (χ1) is 8.16. The Hall–Kier alpha value is -1.62. The number of likely N-dealkylation sites (tertiary alicyclic amines) is 1. The quantitative estimate of drug-likeness (QED) is 0.837. The van der Waals surface area contributed by atoms with Crippen molar-refractivity contribution in [1.82, 2.24) is 14.8 Å². The summed E-state index contributed by atoms with van der Waals surface area (Å²) in [5.41, 5.74) is 0. The predicted octanol–water partition coefficient (Wildman–Crippen LogP) is 1.25. The summed E-state index contributed by atoms with van der Waals surface area (Å²) in [6.07, 6.45) is 2.70. The summed E-state index contributed by atoms with van der Waals surface area (Å²) in [5, 5.41) is 2.80. The average Bonchev–Trinajstić information content (AvgIpc) is 2.79. The highest BCUT2D eigenvalue weighted by Crippen LogP contribution is 2.14. The highest BCUT2D eigenvalue weighted by molar-refractivity contribution is 5.88. The number of hydrogen-bond acceptors (Lipinski definition) is 3. The zero-order valence-corrected chi connectivity index (χ0v) is 10.3. The second-order valence-corrected chi connectivity index (χ2v) is 4.50. The van der Waals surface area contributed by atoms with Crippen LogP contribution in [0.15, 0.2) is 24.4 Å². The van der Waals surface area contributed by atoms with E-state index in [-0.39, 0.29) is 6.03 Å². The topological polar surface area (TPSA) is 48.5 Å². The molecule has 1 aliphatic heterocycles. The maximum absolute atomic E-state index is 11.9. The van der Waals surface area contributed by atoms with Gasteiger partial charge in [0.25, 0.3) is 0 Å². The number of pyridine rings is 1. The number of anilines is 1. The molecule has 1 fully saturated rings. The van der Waals surface area contributed by atoms with Crippen LogP contribution in [-0.4, -0.2) is 54.0 Å². The molecule has 2 rings (SSSR count). The molecule has 0 bridgehead atoms. The van der Waals surface area contributed by atoms with Crippen molar-refractivity contribution < 1.29 is 4.79 Å². The van der Waals surface area contributed by atoms with Gasteiger partial charge >= 0.3 is 6.03 Å².